The SMILES string of the molecule is CCN(CC)C1(c2nnnn2C2CCCC2)CCN(C(=O)c2cc(F)ccc2F)C1. The molecule has 2 aromatic rings. The summed E-state index contributed by atoms with van der Waals surface area (Å²) in [6.45, 7) is 6.46. The molecule has 1 aliphatic carbocycles. The van der Waals surface area contributed by atoms with Gasteiger partial charge in [0.15, 0.2) is 5.82 Å². The van der Waals surface area contributed by atoms with Gasteiger partial charge in [-0.15, -0.1) is 5.10 Å². The maximum atomic E-state index is 14.2. The molecule has 2 heterocycles. The van der Waals surface area contributed by atoms with Gasteiger partial charge in [0.1, 0.15) is 17.2 Å². The normalized spacial score (nSPS) is 22.4. The van der Waals surface area contributed by atoms with Crippen LogP contribution in [0.1, 0.15) is 68.2 Å². The summed E-state index contributed by atoms with van der Waals surface area (Å²) in [6, 6.07) is 3.26. The molecule has 1 aromatic carbocycles. The second-order valence-corrected chi connectivity index (χ2v) is 8.19. The van der Waals surface area contributed by atoms with E-state index >= 15 is 0 Å². The Labute approximate surface area is 175 Å². The number of tetrazole rings is 1. The lowest BCUT2D eigenvalue weighted by Gasteiger charge is -2.39. The van der Waals surface area contributed by atoms with E-state index in [0.717, 1.165) is 62.8 Å². The molecule has 0 bridgehead atoms. The highest BCUT2D eigenvalue weighted by Gasteiger charge is 2.49. The predicted octanol–water partition coefficient (Wildman–Crippen LogP) is 3.15. The van der Waals surface area contributed by atoms with E-state index in [2.05, 4.69) is 34.3 Å². The van der Waals surface area contributed by atoms with Crippen molar-refractivity contribution in [1.29, 1.82) is 0 Å². The van der Waals surface area contributed by atoms with E-state index in [9.17, 15) is 13.6 Å². The third-order valence-corrected chi connectivity index (χ3v) is 6.64. The monoisotopic (exact) mass is 418 g/mol. The molecule has 0 spiro atoms. The molecule has 1 saturated heterocycles. The molecule has 1 aliphatic heterocycles. The number of likely N-dealkylation sites (N-methyl/N-ethyl adjacent to an activating group) is 1. The molecule has 0 radical (unpaired) electrons. The lowest BCUT2D eigenvalue weighted by Crippen LogP contribution is -2.50. The fourth-order valence-electron chi connectivity index (χ4n) is 5.10. The lowest BCUT2D eigenvalue weighted by atomic mass is 9.94. The first-order valence-electron chi connectivity index (χ1n) is 10.8. The molecule has 2 fully saturated rings. The summed E-state index contributed by atoms with van der Waals surface area (Å²) in [7, 11) is 0. The van der Waals surface area contributed by atoms with Gasteiger partial charge < -0.3 is 4.90 Å². The van der Waals surface area contributed by atoms with E-state index in [1.54, 1.807) is 4.90 Å². The van der Waals surface area contributed by atoms with Crippen LogP contribution in [0.2, 0.25) is 0 Å². The molecule has 1 amide bonds. The van der Waals surface area contributed by atoms with Gasteiger partial charge in [0.05, 0.1) is 11.6 Å². The number of hydrogen-bond acceptors (Lipinski definition) is 5. The van der Waals surface area contributed by atoms with E-state index in [1.165, 1.54) is 0 Å². The summed E-state index contributed by atoms with van der Waals surface area (Å²) in [5.41, 5.74) is -0.782. The Morgan fingerprint density at radius 2 is 1.97 bits per heavy atom. The first-order valence-corrected chi connectivity index (χ1v) is 10.8. The smallest absolute Gasteiger partial charge is 0.257 e. The lowest BCUT2D eigenvalue weighted by molar-refractivity contribution is 0.0657. The third kappa shape index (κ3) is 3.49. The van der Waals surface area contributed by atoms with Crippen molar-refractivity contribution in [2.24, 2.45) is 0 Å². The summed E-state index contributed by atoms with van der Waals surface area (Å²) in [6.07, 6.45) is 5.05. The average molecular weight is 418 g/mol. The minimum atomic E-state index is -0.711. The van der Waals surface area contributed by atoms with Crippen LogP contribution in [-0.4, -0.2) is 62.1 Å². The summed E-state index contributed by atoms with van der Waals surface area (Å²) >= 11 is 0. The topological polar surface area (TPSA) is 67.2 Å². The third-order valence-electron chi connectivity index (χ3n) is 6.64. The number of rotatable bonds is 6. The molecule has 1 atom stereocenters. The number of benzene rings is 1. The van der Waals surface area contributed by atoms with E-state index in [-0.39, 0.29) is 11.6 Å². The van der Waals surface area contributed by atoms with Crippen LogP contribution in [-0.2, 0) is 5.54 Å². The van der Waals surface area contributed by atoms with Crippen LogP contribution in [0, 0.1) is 11.6 Å². The zero-order chi connectivity index (χ0) is 21.3. The molecule has 0 N–H and O–H groups in total. The number of aromatic nitrogens is 4. The minimum absolute atomic E-state index is 0.235. The number of amides is 1. The highest BCUT2D eigenvalue weighted by atomic mass is 19.1. The standard InChI is InChI=1S/C21H28F2N6O/c1-3-28(4-2)21(20-24-25-26-29(20)16-7-5-6-8-16)11-12-27(14-21)19(30)17-13-15(22)9-10-18(17)23/h9-10,13,16H,3-8,11-12,14H2,1-2H3. The molecular formula is C21H28F2N6O. The van der Waals surface area contributed by atoms with Gasteiger partial charge in [-0.1, -0.05) is 26.7 Å². The van der Waals surface area contributed by atoms with Crippen LogP contribution in [0.3, 0.4) is 0 Å². The van der Waals surface area contributed by atoms with E-state index in [4.69, 9.17) is 0 Å². The van der Waals surface area contributed by atoms with Crippen LogP contribution in [0.25, 0.3) is 0 Å². The number of hydrogen-bond donors (Lipinski definition) is 0. The Kier molecular flexibility index (Phi) is 5.81. The van der Waals surface area contributed by atoms with E-state index in [1.807, 2.05) is 4.68 Å². The maximum absolute atomic E-state index is 14.2. The van der Waals surface area contributed by atoms with Crippen molar-refractivity contribution >= 4 is 5.91 Å². The molecule has 30 heavy (non-hydrogen) atoms. The first-order chi connectivity index (χ1) is 14.5. The number of likely N-dealkylation sites (tertiary alicyclic amines) is 1. The largest absolute Gasteiger partial charge is 0.336 e. The van der Waals surface area contributed by atoms with Gasteiger partial charge in [0.25, 0.3) is 5.91 Å². The number of halogens is 2. The molecular weight excluding hydrogens is 390 g/mol. The van der Waals surface area contributed by atoms with Crippen molar-refractivity contribution < 1.29 is 13.6 Å². The molecule has 1 unspecified atom stereocenters. The van der Waals surface area contributed by atoms with Crippen LogP contribution in [0.15, 0.2) is 18.2 Å². The van der Waals surface area contributed by atoms with E-state index in [0.29, 0.717) is 19.5 Å². The molecule has 2 aliphatic rings. The Morgan fingerprint density at radius 3 is 2.67 bits per heavy atom. The highest BCUT2D eigenvalue weighted by Crippen LogP contribution is 2.40. The fraction of sp³-hybridized carbons (Fsp3) is 0.619. The molecule has 1 saturated carbocycles. The highest BCUT2D eigenvalue weighted by molar-refractivity contribution is 5.94. The van der Waals surface area contributed by atoms with Crippen LogP contribution in [0.4, 0.5) is 8.78 Å². The molecule has 1 aromatic heterocycles. The van der Waals surface area contributed by atoms with Gasteiger partial charge in [-0.3, -0.25) is 9.69 Å². The van der Waals surface area contributed by atoms with Crippen molar-refractivity contribution in [2.75, 3.05) is 26.2 Å². The van der Waals surface area contributed by atoms with Gasteiger partial charge in [-0.25, -0.2) is 13.5 Å². The van der Waals surface area contributed by atoms with Gasteiger partial charge in [-0.2, -0.15) is 0 Å². The predicted molar refractivity (Wildman–Crippen MR) is 107 cm³/mol. The number of carbonyl (C=O) groups is 1. The fourth-order valence-corrected chi connectivity index (χ4v) is 5.10. The Balaban J connectivity index is 1.69. The minimum Gasteiger partial charge on any atom is -0.336 e. The van der Waals surface area contributed by atoms with E-state index < -0.39 is 23.1 Å². The van der Waals surface area contributed by atoms with Crippen LogP contribution < -0.4 is 0 Å². The quantitative estimate of drug-likeness (QED) is 0.721. The Hall–Kier alpha value is -2.42. The molecule has 162 valence electrons. The average Bonchev–Trinajstić information content (AvgIpc) is 3.50. The zero-order valence-corrected chi connectivity index (χ0v) is 17.5. The zero-order valence-electron chi connectivity index (χ0n) is 17.5. The van der Waals surface area contributed by atoms with Crippen molar-refractivity contribution in [2.45, 2.75) is 57.5 Å². The number of nitrogens with zero attached hydrogens (tertiary/aromatic N) is 6. The molecule has 7 nitrogen and oxygen atoms in total. The summed E-state index contributed by atoms with van der Waals surface area (Å²) in [5, 5.41) is 12.7. The van der Waals surface area contributed by atoms with Crippen molar-refractivity contribution in [3.8, 4) is 0 Å². The maximum Gasteiger partial charge on any atom is 0.257 e. The first kappa shape index (κ1) is 20.8. The van der Waals surface area contributed by atoms with Gasteiger partial charge in [0, 0.05) is 13.1 Å². The van der Waals surface area contributed by atoms with Gasteiger partial charge >= 0.3 is 0 Å². The summed E-state index contributed by atoms with van der Waals surface area (Å²) in [5.74, 6) is -1.06. The van der Waals surface area contributed by atoms with Crippen LogP contribution >= 0.6 is 0 Å². The van der Waals surface area contributed by atoms with Crippen molar-refractivity contribution in [1.82, 2.24) is 30.0 Å². The van der Waals surface area contributed by atoms with Gasteiger partial charge in [0.2, 0.25) is 0 Å². The second kappa shape index (κ2) is 8.37. The van der Waals surface area contributed by atoms with Crippen LogP contribution in [0.5, 0.6) is 0 Å². The van der Waals surface area contributed by atoms with Crippen molar-refractivity contribution in [3.05, 3.63) is 41.2 Å². The summed E-state index contributed by atoms with van der Waals surface area (Å²) in [4.78, 5) is 16.9. The molecule has 4 rings (SSSR count). The Morgan fingerprint density at radius 1 is 1.23 bits per heavy atom. The molecule has 9 heteroatoms. The number of carbonyl (C=O) groups excluding carboxylic acids is 1. The Bertz CT molecular complexity index is 909. The summed E-state index contributed by atoms with van der Waals surface area (Å²) < 4.78 is 29.8. The van der Waals surface area contributed by atoms with Crippen molar-refractivity contribution in [3.63, 3.8) is 0 Å². The van der Waals surface area contributed by atoms with Gasteiger partial charge in [-0.05, 0) is 61.0 Å². The second-order valence-electron chi connectivity index (χ2n) is 8.19.